The van der Waals surface area contributed by atoms with E-state index in [0.717, 1.165) is 36.8 Å². The minimum absolute atomic E-state index is 0.172. The van der Waals surface area contributed by atoms with Crippen molar-refractivity contribution < 1.29 is 14.6 Å². The summed E-state index contributed by atoms with van der Waals surface area (Å²) in [6.45, 7) is 11.7. The fourth-order valence-corrected chi connectivity index (χ4v) is 2.97. The summed E-state index contributed by atoms with van der Waals surface area (Å²) >= 11 is 0. The lowest BCUT2D eigenvalue weighted by atomic mass is 9.89. The second kappa shape index (κ2) is 10.4. The predicted molar refractivity (Wildman–Crippen MR) is 104 cm³/mol. The van der Waals surface area contributed by atoms with Crippen molar-refractivity contribution in [2.24, 2.45) is 5.92 Å². The molecule has 0 heterocycles. The zero-order valence-corrected chi connectivity index (χ0v) is 16.6. The van der Waals surface area contributed by atoms with Crippen LogP contribution in [0.1, 0.15) is 67.2 Å². The van der Waals surface area contributed by atoms with Gasteiger partial charge in [-0.3, -0.25) is 4.79 Å². The van der Waals surface area contributed by atoms with Crippen LogP contribution in [0, 0.1) is 5.92 Å². The van der Waals surface area contributed by atoms with E-state index in [-0.39, 0.29) is 11.9 Å². The second-order valence-electron chi connectivity index (χ2n) is 7.39. The molecule has 0 amide bonds. The first-order chi connectivity index (χ1) is 11.7. The van der Waals surface area contributed by atoms with Crippen LogP contribution in [0.25, 0.3) is 0 Å². The maximum atomic E-state index is 11.6. The van der Waals surface area contributed by atoms with Gasteiger partial charge in [0.1, 0.15) is 6.10 Å². The number of ether oxygens (including phenoxy) is 1. The van der Waals surface area contributed by atoms with Gasteiger partial charge in [0.2, 0.25) is 0 Å². The minimum Gasteiger partial charge on any atom is -0.455 e. The molecule has 0 unspecified atom stereocenters. The van der Waals surface area contributed by atoms with Crippen molar-refractivity contribution >= 4 is 5.97 Å². The first kappa shape index (κ1) is 21.4. The van der Waals surface area contributed by atoms with Gasteiger partial charge in [0.15, 0.2) is 6.10 Å². The van der Waals surface area contributed by atoms with E-state index in [9.17, 15) is 9.90 Å². The average molecular weight is 347 g/mol. The van der Waals surface area contributed by atoms with E-state index in [0.29, 0.717) is 0 Å². The number of esters is 1. The first-order valence-corrected chi connectivity index (χ1v) is 9.27. The molecule has 0 aromatic heterocycles. The monoisotopic (exact) mass is 346 g/mol. The third kappa shape index (κ3) is 7.43. The SMILES string of the molecule is CC(=O)O[C@@H]1/C(C(C)C)=C\C=C(\C)CC/C=C(\C)CC/C=C(\C)[C@H]1O. The number of hydrogen-bond donors (Lipinski definition) is 1. The highest BCUT2D eigenvalue weighted by Crippen LogP contribution is 2.25. The summed E-state index contributed by atoms with van der Waals surface area (Å²) in [4.78, 5) is 11.6. The minimum atomic E-state index is -0.821. The Morgan fingerprint density at radius 2 is 1.68 bits per heavy atom. The van der Waals surface area contributed by atoms with Crippen LogP contribution in [0.5, 0.6) is 0 Å². The molecule has 140 valence electrons. The molecular weight excluding hydrogens is 312 g/mol. The number of carbonyl (C=O) groups excluding carboxylic acids is 1. The lowest BCUT2D eigenvalue weighted by molar-refractivity contribution is -0.148. The Balaban J connectivity index is 3.31. The third-order valence-electron chi connectivity index (χ3n) is 4.64. The number of allylic oxidation sites excluding steroid dienone is 6. The van der Waals surface area contributed by atoms with Crippen molar-refractivity contribution in [3.63, 3.8) is 0 Å². The highest BCUT2D eigenvalue weighted by molar-refractivity contribution is 5.66. The van der Waals surface area contributed by atoms with E-state index in [4.69, 9.17) is 4.74 Å². The molecular formula is C22H34O3. The molecule has 0 aromatic rings. The van der Waals surface area contributed by atoms with Crippen LogP contribution in [-0.2, 0) is 9.53 Å². The van der Waals surface area contributed by atoms with E-state index < -0.39 is 12.2 Å². The number of carbonyl (C=O) groups is 1. The summed E-state index contributed by atoms with van der Waals surface area (Å²) in [5.41, 5.74) is 4.45. The molecule has 0 spiro atoms. The van der Waals surface area contributed by atoms with E-state index in [1.165, 1.54) is 18.1 Å². The zero-order valence-electron chi connectivity index (χ0n) is 16.6. The first-order valence-electron chi connectivity index (χ1n) is 9.27. The van der Waals surface area contributed by atoms with Crippen LogP contribution in [0.15, 0.2) is 46.6 Å². The van der Waals surface area contributed by atoms with E-state index in [1.807, 2.05) is 13.0 Å². The second-order valence-corrected chi connectivity index (χ2v) is 7.39. The smallest absolute Gasteiger partial charge is 0.303 e. The predicted octanol–water partition coefficient (Wildman–Crippen LogP) is 5.27. The lowest BCUT2D eigenvalue weighted by Gasteiger charge is -2.28. The number of hydrogen-bond acceptors (Lipinski definition) is 3. The average Bonchev–Trinajstić information content (AvgIpc) is 2.51. The van der Waals surface area contributed by atoms with Gasteiger partial charge in [-0.2, -0.15) is 0 Å². The van der Waals surface area contributed by atoms with Gasteiger partial charge in [-0.1, -0.05) is 49.3 Å². The Morgan fingerprint density at radius 3 is 2.28 bits per heavy atom. The molecule has 3 nitrogen and oxygen atoms in total. The summed E-state index contributed by atoms with van der Waals surface area (Å²) in [5, 5.41) is 10.8. The Labute approximate surface area is 153 Å². The topological polar surface area (TPSA) is 46.5 Å². The molecule has 1 rings (SSSR count). The fraction of sp³-hybridized carbons (Fsp3) is 0.591. The molecule has 0 saturated heterocycles. The molecule has 0 aliphatic heterocycles. The maximum Gasteiger partial charge on any atom is 0.303 e. The normalized spacial score (nSPS) is 32.2. The largest absolute Gasteiger partial charge is 0.455 e. The summed E-state index contributed by atoms with van der Waals surface area (Å²) in [6.07, 6.45) is 10.9. The summed E-state index contributed by atoms with van der Waals surface area (Å²) in [6, 6.07) is 0. The van der Waals surface area contributed by atoms with Gasteiger partial charge in [-0.05, 0) is 63.5 Å². The maximum absolute atomic E-state index is 11.6. The summed E-state index contributed by atoms with van der Waals surface area (Å²) in [7, 11) is 0. The molecule has 0 fully saturated rings. The van der Waals surface area contributed by atoms with Gasteiger partial charge in [-0.15, -0.1) is 0 Å². The highest BCUT2D eigenvalue weighted by Gasteiger charge is 2.28. The molecule has 0 bridgehead atoms. The van der Waals surface area contributed by atoms with Crippen LogP contribution in [0.4, 0.5) is 0 Å². The van der Waals surface area contributed by atoms with Crippen LogP contribution in [0.3, 0.4) is 0 Å². The van der Waals surface area contributed by atoms with Crippen LogP contribution >= 0.6 is 0 Å². The number of aliphatic hydroxyl groups excluding tert-OH is 1. The molecule has 25 heavy (non-hydrogen) atoms. The van der Waals surface area contributed by atoms with Crippen molar-refractivity contribution in [1.29, 1.82) is 0 Å². The zero-order chi connectivity index (χ0) is 19.0. The van der Waals surface area contributed by atoms with Gasteiger partial charge in [0, 0.05) is 6.92 Å². The Bertz CT molecular complexity index is 576. The highest BCUT2D eigenvalue weighted by atomic mass is 16.6. The van der Waals surface area contributed by atoms with Crippen molar-refractivity contribution in [1.82, 2.24) is 0 Å². The molecule has 1 aliphatic carbocycles. The number of rotatable bonds is 2. The molecule has 0 radical (unpaired) electrons. The van der Waals surface area contributed by atoms with Crippen molar-refractivity contribution in [3.05, 3.63) is 46.6 Å². The summed E-state index contributed by atoms with van der Waals surface area (Å²) in [5.74, 6) is -0.199. The fourth-order valence-electron chi connectivity index (χ4n) is 2.97. The molecule has 0 aromatic carbocycles. The van der Waals surface area contributed by atoms with E-state index in [2.05, 4.69) is 45.9 Å². The Hall–Kier alpha value is -1.61. The molecule has 0 saturated carbocycles. The van der Waals surface area contributed by atoms with Crippen LogP contribution in [0.2, 0.25) is 0 Å². The molecule has 2 atom stereocenters. The molecule has 3 heteroatoms. The third-order valence-corrected chi connectivity index (χ3v) is 4.64. The quantitative estimate of drug-likeness (QED) is 0.547. The van der Waals surface area contributed by atoms with Gasteiger partial charge >= 0.3 is 5.97 Å². The van der Waals surface area contributed by atoms with Crippen molar-refractivity contribution in [2.75, 3.05) is 0 Å². The van der Waals surface area contributed by atoms with Crippen molar-refractivity contribution in [2.45, 2.75) is 79.4 Å². The van der Waals surface area contributed by atoms with E-state index in [1.54, 1.807) is 0 Å². The van der Waals surface area contributed by atoms with Gasteiger partial charge in [0.05, 0.1) is 0 Å². The Morgan fingerprint density at radius 1 is 1.08 bits per heavy atom. The van der Waals surface area contributed by atoms with Crippen molar-refractivity contribution in [3.8, 4) is 0 Å². The lowest BCUT2D eigenvalue weighted by Crippen LogP contribution is -2.35. The van der Waals surface area contributed by atoms with Gasteiger partial charge in [-0.25, -0.2) is 0 Å². The number of aliphatic hydroxyl groups is 1. The summed E-state index contributed by atoms with van der Waals surface area (Å²) < 4.78 is 5.53. The molecule has 1 aliphatic rings. The van der Waals surface area contributed by atoms with E-state index >= 15 is 0 Å². The van der Waals surface area contributed by atoms with Crippen LogP contribution < -0.4 is 0 Å². The van der Waals surface area contributed by atoms with Crippen LogP contribution in [-0.4, -0.2) is 23.3 Å². The van der Waals surface area contributed by atoms with Gasteiger partial charge < -0.3 is 9.84 Å². The standard InChI is InChI=1S/C22H34O3/c1-15(2)20-14-13-17(4)10-7-9-16(3)11-8-12-18(5)21(24)22(20)25-19(6)23/h9,12-15,21-22,24H,7-8,10-11H2,1-6H3/b16-9+,17-13-,18-12+,20-14-/t21-,22-/m1/s1. The Kier molecular flexibility index (Phi) is 8.91. The van der Waals surface area contributed by atoms with Gasteiger partial charge in [0.25, 0.3) is 0 Å². The molecule has 1 N–H and O–H groups in total.